The van der Waals surface area contributed by atoms with Crippen LogP contribution in [0.3, 0.4) is 0 Å². The molecule has 3 heterocycles. The van der Waals surface area contributed by atoms with Crippen LogP contribution in [0.15, 0.2) is 18.2 Å². The summed E-state index contributed by atoms with van der Waals surface area (Å²) in [5.74, 6) is 0.131. The Kier molecular flexibility index (Phi) is 6.62. The lowest BCUT2D eigenvalue weighted by atomic mass is 9.74. The Balaban J connectivity index is 1.62. The van der Waals surface area contributed by atoms with E-state index < -0.39 is 11.7 Å². The highest BCUT2D eigenvalue weighted by atomic mass is 32.1. The molecule has 2 aliphatic rings. The molecule has 1 aromatic carbocycles. The number of hydrogen-bond acceptors (Lipinski definition) is 6. The van der Waals surface area contributed by atoms with Gasteiger partial charge in [0.15, 0.2) is 0 Å². The van der Waals surface area contributed by atoms with Crippen LogP contribution in [0.5, 0.6) is 0 Å². The van der Waals surface area contributed by atoms with E-state index in [-0.39, 0.29) is 22.8 Å². The molecule has 0 aliphatic carbocycles. The molecule has 6 nitrogen and oxygen atoms in total. The number of aromatic nitrogens is 1. The summed E-state index contributed by atoms with van der Waals surface area (Å²) in [4.78, 5) is 22.1. The van der Waals surface area contributed by atoms with Gasteiger partial charge >= 0.3 is 6.18 Å². The average Bonchev–Trinajstić information content (AvgIpc) is 3.35. The number of carbonyl (C=O) groups is 1. The van der Waals surface area contributed by atoms with Gasteiger partial charge < -0.3 is 14.5 Å². The molecule has 0 radical (unpaired) electrons. The molecule has 2 fully saturated rings. The molecule has 182 valence electrons. The van der Waals surface area contributed by atoms with E-state index in [9.17, 15) is 18.0 Å². The molecular formula is C24H27F3N4O2S. The Bertz CT molecular complexity index is 1130. The normalized spacial score (nSPS) is 22.6. The number of halogens is 3. The van der Waals surface area contributed by atoms with Crippen molar-refractivity contribution in [2.45, 2.75) is 33.4 Å². The van der Waals surface area contributed by atoms with Crippen LogP contribution in [0.25, 0.3) is 0 Å². The molecule has 10 heteroatoms. The summed E-state index contributed by atoms with van der Waals surface area (Å²) in [7, 11) is 0. The molecule has 0 N–H and O–H groups in total. The standard InChI is InChI=1S/C24H27F3N4O2S/c1-4-33-14-23-12-30(22(32)21-15(2)29-16(3)34-21)8-7-18(23)11-31(13-23)19-6-5-17(10-28)20(9-19)24(25,26)27/h5-6,9,18H,4,7-8,11-14H2,1-3H3/t18-,23+/m0/s1. The zero-order valence-electron chi connectivity index (χ0n) is 19.4. The van der Waals surface area contributed by atoms with Gasteiger partial charge in [0.1, 0.15) is 4.88 Å². The topological polar surface area (TPSA) is 69.5 Å². The van der Waals surface area contributed by atoms with E-state index in [0.29, 0.717) is 50.0 Å². The van der Waals surface area contributed by atoms with Crippen LogP contribution in [-0.4, -0.2) is 55.2 Å². The highest BCUT2D eigenvalue weighted by Gasteiger charge is 2.51. The van der Waals surface area contributed by atoms with Gasteiger partial charge in [0.2, 0.25) is 0 Å². The van der Waals surface area contributed by atoms with E-state index >= 15 is 0 Å². The number of ether oxygens (including phenoxy) is 1. The van der Waals surface area contributed by atoms with Gasteiger partial charge in [-0.1, -0.05) is 0 Å². The van der Waals surface area contributed by atoms with Crippen molar-refractivity contribution in [1.82, 2.24) is 9.88 Å². The van der Waals surface area contributed by atoms with Gasteiger partial charge in [0.25, 0.3) is 5.91 Å². The number of hydrogen-bond donors (Lipinski definition) is 0. The van der Waals surface area contributed by atoms with Crippen molar-refractivity contribution in [3.05, 3.63) is 44.9 Å². The van der Waals surface area contributed by atoms with Gasteiger partial charge in [0.05, 0.1) is 34.5 Å². The molecule has 1 aromatic heterocycles. The van der Waals surface area contributed by atoms with Crippen molar-refractivity contribution in [2.24, 2.45) is 11.3 Å². The number of thiazole rings is 1. The van der Waals surface area contributed by atoms with Gasteiger partial charge in [-0.25, -0.2) is 4.98 Å². The maximum Gasteiger partial charge on any atom is 0.417 e. The summed E-state index contributed by atoms with van der Waals surface area (Å²) in [5.41, 5.74) is -0.538. The fourth-order valence-corrected chi connectivity index (χ4v) is 6.09. The van der Waals surface area contributed by atoms with Gasteiger partial charge in [0, 0.05) is 43.9 Å². The zero-order chi connectivity index (χ0) is 24.7. The maximum absolute atomic E-state index is 13.5. The van der Waals surface area contributed by atoms with Crippen LogP contribution in [-0.2, 0) is 10.9 Å². The van der Waals surface area contributed by atoms with Gasteiger partial charge in [-0.05, 0) is 51.3 Å². The fraction of sp³-hybridized carbons (Fsp3) is 0.542. The first-order valence-corrected chi connectivity index (χ1v) is 12.1. The molecular weight excluding hydrogens is 465 g/mol. The molecule has 0 unspecified atom stereocenters. The molecule has 2 aromatic rings. The first-order valence-electron chi connectivity index (χ1n) is 11.3. The number of aryl methyl sites for hydroxylation is 2. The van der Waals surface area contributed by atoms with E-state index in [1.807, 2.05) is 30.6 Å². The molecule has 2 aliphatic heterocycles. The predicted molar refractivity (Wildman–Crippen MR) is 123 cm³/mol. The van der Waals surface area contributed by atoms with Crippen molar-refractivity contribution < 1.29 is 22.7 Å². The summed E-state index contributed by atoms with van der Waals surface area (Å²) < 4.78 is 46.5. The number of piperidine rings is 1. The second-order valence-corrected chi connectivity index (χ2v) is 10.3. The Morgan fingerprint density at radius 1 is 1.35 bits per heavy atom. The van der Waals surface area contributed by atoms with Crippen LogP contribution in [0, 0.1) is 36.5 Å². The summed E-state index contributed by atoms with van der Waals surface area (Å²) in [6.45, 7) is 8.68. The van der Waals surface area contributed by atoms with E-state index in [4.69, 9.17) is 10.00 Å². The summed E-state index contributed by atoms with van der Waals surface area (Å²) in [6, 6.07) is 5.52. The molecule has 2 atom stereocenters. The summed E-state index contributed by atoms with van der Waals surface area (Å²) in [5, 5.41) is 9.96. The number of carbonyl (C=O) groups excluding carboxylic acids is 1. The Labute approximate surface area is 200 Å². The number of amides is 1. The molecule has 0 saturated carbocycles. The molecule has 1 amide bonds. The largest absolute Gasteiger partial charge is 0.417 e. The second kappa shape index (κ2) is 9.19. The Morgan fingerprint density at radius 2 is 2.12 bits per heavy atom. The smallest absolute Gasteiger partial charge is 0.381 e. The highest BCUT2D eigenvalue weighted by Crippen LogP contribution is 2.45. The lowest BCUT2D eigenvalue weighted by Crippen LogP contribution is -2.53. The van der Waals surface area contributed by atoms with Crippen molar-refractivity contribution in [2.75, 3.05) is 44.3 Å². The monoisotopic (exact) mass is 492 g/mol. The highest BCUT2D eigenvalue weighted by molar-refractivity contribution is 7.13. The van der Waals surface area contributed by atoms with Crippen LogP contribution in [0.2, 0.25) is 0 Å². The number of nitriles is 1. The Morgan fingerprint density at radius 3 is 2.74 bits per heavy atom. The van der Waals surface area contributed by atoms with Crippen molar-refractivity contribution in [3.8, 4) is 6.07 Å². The van der Waals surface area contributed by atoms with Gasteiger partial charge in [-0.2, -0.15) is 18.4 Å². The number of alkyl halides is 3. The fourth-order valence-electron chi connectivity index (χ4n) is 5.20. The van der Waals surface area contributed by atoms with Crippen LogP contribution < -0.4 is 4.90 Å². The molecule has 0 spiro atoms. The number of benzene rings is 1. The molecule has 0 bridgehead atoms. The number of likely N-dealkylation sites (tertiary alicyclic amines) is 1. The number of fused-ring (bicyclic) bond motifs is 1. The van der Waals surface area contributed by atoms with Crippen molar-refractivity contribution in [1.29, 1.82) is 5.26 Å². The number of rotatable bonds is 5. The third-order valence-electron chi connectivity index (χ3n) is 6.84. The van der Waals surface area contributed by atoms with E-state index in [1.54, 1.807) is 12.1 Å². The van der Waals surface area contributed by atoms with E-state index in [2.05, 4.69) is 4.98 Å². The SMILES string of the molecule is CCOC[C@]12CN(C(=O)c3sc(C)nc3C)CC[C@H]1CN(c1ccc(C#N)c(C(F)(F)F)c1)C2. The van der Waals surface area contributed by atoms with Crippen molar-refractivity contribution in [3.63, 3.8) is 0 Å². The zero-order valence-corrected chi connectivity index (χ0v) is 20.2. The molecule has 34 heavy (non-hydrogen) atoms. The first kappa shape index (κ1) is 24.5. The quantitative estimate of drug-likeness (QED) is 0.608. The number of anilines is 1. The minimum atomic E-state index is -4.61. The van der Waals surface area contributed by atoms with E-state index in [0.717, 1.165) is 23.2 Å². The van der Waals surface area contributed by atoms with Gasteiger partial charge in [-0.3, -0.25) is 4.79 Å². The summed E-state index contributed by atoms with van der Waals surface area (Å²) >= 11 is 1.39. The van der Waals surface area contributed by atoms with Crippen LogP contribution in [0.1, 0.15) is 44.8 Å². The molecule has 4 rings (SSSR count). The number of nitrogens with zero attached hydrogens (tertiary/aromatic N) is 4. The van der Waals surface area contributed by atoms with E-state index in [1.165, 1.54) is 17.4 Å². The van der Waals surface area contributed by atoms with Crippen molar-refractivity contribution >= 4 is 22.9 Å². The second-order valence-electron chi connectivity index (χ2n) is 9.08. The third-order valence-corrected chi connectivity index (χ3v) is 7.90. The van der Waals surface area contributed by atoms with Crippen LogP contribution in [0.4, 0.5) is 18.9 Å². The first-order chi connectivity index (χ1) is 16.1. The van der Waals surface area contributed by atoms with Gasteiger partial charge in [-0.15, -0.1) is 11.3 Å². The lowest BCUT2D eigenvalue weighted by molar-refractivity contribution is -0.137. The minimum Gasteiger partial charge on any atom is -0.381 e. The minimum absolute atomic E-state index is 0.0476. The summed E-state index contributed by atoms with van der Waals surface area (Å²) in [6.07, 6.45) is -3.86. The predicted octanol–water partition coefficient (Wildman–Crippen LogP) is 4.66. The van der Waals surface area contributed by atoms with Crippen LogP contribution >= 0.6 is 11.3 Å². The molecule has 2 saturated heterocycles. The maximum atomic E-state index is 13.5. The average molecular weight is 493 g/mol. The third kappa shape index (κ3) is 4.51. The Hall–Kier alpha value is -2.64. The lowest BCUT2D eigenvalue weighted by Gasteiger charge is -2.43.